The van der Waals surface area contributed by atoms with E-state index in [1.807, 2.05) is 64.0 Å². The topological polar surface area (TPSA) is 91.5 Å². The standard InChI is InChI=1S/C18H24N8OS/c1-11-7-12(2)9-13(8-11)19-14(27)10-28-18-23-22-16-20-15(24(3)4)21-17(25(5)6)26(16)18/h7-9H,10H2,1-6H3,(H,19,27). The molecule has 1 amide bonds. The van der Waals surface area contributed by atoms with Gasteiger partial charge in [0.05, 0.1) is 5.75 Å². The van der Waals surface area contributed by atoms with Gasteiger partial charge >= 0.3 is 0 Å². The van der Waals surface area contributed by atoms with Crippen molar-refractivity contribution >= 4 is 41.0 Å². The third kappa shape index (κ3) is 4.33. The number of fused-ring (bicyclic) bond motifs is 1. The van der Waals surface area contributed by atoms with Gasteiger partial charge in [0.15, 0.2) is 5.16 Å². The summed E-state index contributed by atoms with van der Waals surface area (Å²) in [4.78, 5) is 25.0. The van der Waals surface area contributed by atoms with Crippen LogP contribution in [0.25, 0.3) is 5.78 Å². The Bertz CT molecular complexity index is 994. The number of nitrogens with one attached hydrogen (secondary N) is 1. The second kappa shape index (κ2) is 8.01. The van der Waals surface area contributed by atoms with Crippen LogP contribution >= 0.6 is 11.8 Å². The van der Waals surface area contributed by atoms with Crippen LogP contribution in [0.1, 0.15) is 11.1 Å². The molecule has 9 nitrogen and oxygen atoms in total. The van der Waals surface area contributed by atoms with Gasteiger partial charge in [0.2, 0.25) is 17.8 Å². The third-order valence-corrected chi connectivity index (χ3v) is 4.78. The first-order valence-corrected chi connectivity index (χ1v) is 9.72. The van der Waals surface area contributed by atoms with Crippen LogP contribution in [-0.2, 0) is 4.79 Å². The maximum absolute atomic E-state index is 12.4. The molecular formula is C18H24N8OS. The van der Waals surface area contributed by atoms with E-state index in [0.29, 0.717) is 22.8 Å². The molecule has 0 saturated carbocycles. The minimum Gasteiger partial charge on any atom is -0.348 e. The van der Waals surface area contributed by atoms with Crippen LogP contribution in [0.2, 0.25) is 0 Å². The fraction of sp³-hybridized carbons (Fsp3) is 0.389. The lowest BCUT2D eigenvalue weighted by molar-refractivity contribution is -0.113. The number of hydrogen-bond acceptors (Lipinski definition) is 8. The number of carbonyl (C=O) groups is 1. The lowest BCUT2D eigenvalue weighted by Crippen LogP contribution is -2.20. The van der Waals surface area contributed by atoms with Crippen LogP contribution in [0.3, 0.4) is 0 Å². The number of carbonyl (C=O) groups excluding carboxylic acids is 1. The van der Waals surface area contributed by atoms with Gasteiger partial charge < -0.3 is 15.1 Å². The van der Waals surface area contributed by atoms with Crippen molar-refractivity contribution in [2.24, 2.45) is 0 Å². The zero-order valence-corrected chi connectivity index (χ0v) is 17.7. The highest BCUT2D eigenvalue weighted by molar-refractivity contribution is 7.99. The monoisotopic (exact) mass is 400 g/mol. The van der Waals surface area contributed by atoms with Crippen molar-refractivity contribution in [3.63, 3.8) is 0 Å². The van der Waals surface area contributed by atoms with Crippen molar-refractivity contribution in [1.82, 2.24) is 24.6 Å². The van der Waals surface area contributed by atoms with E-state index < -0.39 is 0 Å². The second-order valence-corrected chi connectivity index (χ2v) is 7.89. The average Bonchev–Trinajstić information content (AvgIpc) is 3.01. The minimum absolute atomic E-state index is 0.107. The normalized spacial score (nSPS) is 10.9. The maximum Gasteiger partial charge on any atom is 0.261 e. The molecule has 3 rings (SSSR count). The van der Waals surface area contributed by atoms with E-state index in [4.69, 9.17) is 0 Å². The summed E-state index contributed by atoms with van der Waals surface area (Å²) in [6.07, 6.45) is 0. The van der Waals surface area contributed by atoms with Crippen LogP contribution in [0.4, 0.5) is 17.6 Å². The Morgan fingerprint density at radius 2 is 1.71 bits per heavy atom. The van der Waals surface area contributed by atoms with Crippen LogP contribution in [0.15, 0.2) is 23.4 Å². The zero-order chi connectivity index (χ0) is 20.4. The van der Waals surface area contributed by atoms with Gasteiger partial charge in [-0.1, -0.05) is 17.8 Å². The summed E-state index contributed by atoms with van der Waals surface area (Å²) in [6.45, 7) is 4.01. The van der Waals surface area contributed by atoms with Gasteiger partial charge in [-0.15, -0.1) is 10.2 Å². The predicted molar refractivity (Wildman–Crippen MR) is 113 cm³/mol. The summed E-state index contributed by atoms with van der Waals surface area (Å²) < 4.78 is 1.75. The molecule has 0 atom stereocenters. The maximum atomic E-state index is 12.4. The Morgan fingerprint density at radius 1 is 1.04 bits per heavy atom. The van der Waals surface area contributed by atoms with Gasteiger partial charge in [-0.2, -0.15) is 9.97 Å². The van der Waals surface area contributed by atoms with Crippen molar-refractivity contribution in [2.45, 2.75) is 19.0 Å². The van der Waals surface area contributed by atoms with Crippen molar-refractivity contribution < 1.29 is 4.79 Å². The molecule has 0 saturated heterocycles. The number of thioether (sulfide) groups is 1. The summed E-state index contributed by atoms with van der Waals surface area (Å²) in [5, 5.41) is 11.8. The molecule has 0 spiro atoms. The molecule has 28 heavy (non-hydrogen) atoms. The molecular weight excluding hydrogens is 376 g/mol. The number of aromatic nitrogens is 5. The first-order valence-electron chi connectivity index (χ1n) is 8.73. The van der Waals surface area contributed by atoms with Crippen LogP contribution < -0.4 is 15.1 Å². The highest BCUT2D eigenvalue weighted by Crippen LogP contribution is 2.23. The summed E-state index contributed by atoms with van der Waals surface area (Å²) >= 11 is 1.30. The molecule has 148 valence electrons. The Hall–Kier alpha value is -2.88. The lowest BCUT2D eigenvalue weighted by atomic mass is 10.1. The van der Waals surface area contributed by atoms with Gasteiger partial charge in [0, 0.05) is 33.9 Å². The van der Waals surface area contributed by atoms with Gasteiger partial charge in [-0.05, 0) is 37.1 Å². The van der Waals surface area contributed by atoms with Crippen molar-refractivity contribution in [1.29, 1.82) is 0 Å². The molecule has 2 aromatic heterocycles. The summed E-state index contributed by atoms with van der Waals surface area (Å²) in [5.41, 5.74) is 3.01. The number of hydrogen-bond donors (Lipinski definition) is 1. The van der Waals surface area contributed by atoms with E-state index in [9.17, 15) is 4.79 Å². The molecule has 3 aromatic rings. The SMILES string of the molecule is Cc1cc(C)cc(NC(=O)CSc2nnc3nc(N(C)C)nc(N(C)C)n23)c1. The van der Waals surface area contributed by atoms with Crippen LogP contribution in [-0.4, -0.2) is 64.4 Å². The van der Waals surface area contributed by atoms with Crippen LogP contribution in [0, 0.1) is 13.8 Å². The first kappa shape index (κ1) is 19.9. The predicted octanol–water partition coefficient (Wildman–Crippen LogP) is 2.00. The molecule has 1 aromatic carbocycles. The molecule has 10 heteroatoms. The van der Waals surface area contributed by atoms with Gasteiger partial charge in [-0.3, -0.25) is 4.79 Å². The van der Waals surface area contributed by atoms with E-state index in [2.05, 4.69) is 31.5 Å². The third-order valence-electron chi connectivity index (χ3n) is 3.85. The summed E-state index contributed by atoms with van der Waals surface area (Å²) in [6, 6.07) is 5.96. The second-order valence-electron chi connectivity index (χ2n) is 6.94. The number of nitrogens with zero attached hydrogens (tertiary/aromatic N) is 7. The Morgan fingerprint density at radius 3 is 2.32 bits per heavy atom. The van der Waals surface area contributed by atoms with Gasteiger partial charge in [0.1, 0.15) is 0 Å². The molecule has 0 radical (unpaired) electrons. The van der Waals surface area contributed by atoms with E-state index >= 15 is 0 Å². The van der Waals surface area contributed by atoms with E-state index in [1.165, 1.54) is 11.8 Å². The smallest absolute Gasteiger partial charge is 0.261 e. The van der Waals surface area contributed by atoms with Crippen molar-refractivity contribution in [2.75, 3.05) is 49.1 Å². The number of aryl methyl sites for hydroxylation is 2. The Kier molecular flexibility index (Phi) is 5.68. The molecule has 0 aliphatic rings. The number of anilines is 3. The summed E-state index contributed by atoms with van der Waals surface area (Å²) in [7, 11) is 7.52. The quantitative estimate of drug-likeness (QED) is 0.628. The highest BCUT2D eigenvalue weighted by atomic mass is 32.2. The molecule has 0 bridgehead atoms. The first-order chi connectivity index (χ1) is 13.2. The fourth-order valence-electron chi connectivity index (χ4n) is 2.73. The van der Waals surface area contributed by atoms with Gasteiger partial charge in [0.25, 0.3) is 5.78 Å². The van der Waals surface area contributed by atoms with Crippen molar-refractivity contribution in [3.8, 4) is 0 Å². The fourth-order valence-corrected chi connectivity index (χ4v) is 3.45. The molecule has 0 unspecified atom stereocenters. The van der Waals surface area contributed by atoms with Crippen molar-refractivity contribution in [3.05, 3.63) is 29.3 Å². The molecule has 0 aliphatic carbocycles. The molecule has 0 fully saturated rings. The molecule has 2 heterocycles. The van der Waals surface area contributed by atoms with E-state index in [0.717, 1.165) is 16.8 Å². The van der Waals surface area contributed by atoms with Gasteiger partial charge in [-0.25, -0.2) is 4.40 Å². The Balaban J connectivity index is 1.79. The lowest BCUT2D eigenvalue weighted by Gasteiger charge is -2.17. The highest BCUT2D eigenvalue weighted by Gasteiger charge is 2.18. The number of benzene rings is 1. The zero-order valence-electron chi connectivity index (χ0n) is 16.9. The molecule has 1 N–H and O–H groups in total. The van der Waals surface area contributed by atoms with E-state index in [-0.39, 0.29) is 11.7 Å². The molecule has 0 aliphatic heterocycles. The Labute approximate surface area is 168 Å². The minimum atomic E-state index is -0.107. The largest absolute Gasteiger partial charge is 0.348 e. The number of amides is 1. The van der Waals surface area contributed by atoms with Crippen LogP contribution in [0.5, 0.6) is 0 Å². The number of rotatable bonds is 6. The average molecular weight is 401 g/mol. The van der Waals surface area contributed by atoms with E-state index in [1.54, 1.807) is 4.40 Å². The summed E-state index contributed by atoms with van der Waals surface area (Å²) in [5.74, 6) is 1.74.